The first-order valence-electron chi connectivity index (χ1n) is 5.50. The summed E-state index contributed by atoms with van der Waals surface area (Å²) in [5, 5.41) is 0. The van der Waals surface area contributed by atoms with Gasteiger partial charge < -0.3 is 0 Å². The van der Waals surface area contributed by atoms with E-state index in [0.29, 0.717) is 5.41 Å². The Morgan fingerprint density at radius 2 is 2.15 bits per heavy atom. The summed E-state index contributed by atoms with van der Waals surface area (Å²) in [6.45, 7) is 7.05. The molecule has 0 saturated carbocycles. The average molecular weight is 176 g/mol. The molecule has 2 aliphatic rings. The monoisotopic (exact) mass is 176 g/mol. The zero-order chi connectivity index (χ0) is 9.47. The first-order chi connectivity index (χ1) is 6.08. The summed E-state index contributed by atoms with van der Waals surface area (Å²) >= 11 is 0. The highest BCUT2D eigenvalue weighted by molar-refractivity contribution is 5.35. The van der Waals surface area contributed by atoms with Gasteiger partial charge >= 0.3 is 0 Å². The van der Waals surface area contributed by atoms with Crippen LogP contribution in [0.2, 0.25) is 0 Å². The molecule has 0 bridgehead atoms. The minimum Gasteiger partial charge on any atom is -0.0783 e. The van der Waals surface area contributed by atoms with E-state index in [9.17, 15) is 0 Å². The molecule has 0 saturated heterocycles. The molecule has 0 amide bonds. The molecule has 0 nitrogen and oxygen atoms in total. The van der Waals surface area contributed by atoms with Gasteiger partial charge in [0, 0.05) is 0 Å². The third-order valence-corrected chi connectivity index (χ3v) is 3.44. The van der Waals surface area contributed by atoms with E-state index in [2.05, 4.69) is 32.9 Å². The second kappa shape index (κ2) is 3.01. The Morgan fingerprint density at radius 1 is 1.38 bits per heavy atom. The second-order valence-corrected chi connectivity index (χ2v) is 5.35. The fourth-order valence-corrected chi connectivity index (χ4v) is 2.67. The molecule has 1 atom stereocenters. The summed E-state index contributed by atoms with van der Waals surface area (Å²) in [6, 6.07) is 0. The van der Waals surface area contributed by atoms with E-state index in [1.807, 2.05) is 0 Å². The van der Waals surface area contributed by atoms with Gasteiger partial charge in [0.2, 0.25) is 0 Å². The Hall–Kier alpha value is -0.520. The van der Waals surface area contributed by atoms with Crippen molar-refractivity contribution in [3.05, 3.63) is 23.3 Å². The smallest absolute Gasteiger partial charge is 0.0134 e. The van der Waals surface area contributed by atoms with E-state index in [0.717, 1.165) is 5.92 Å². The minimum atomic E-state index is 0.413. The van der Waals surface area contributed by atoms with E-state index >= 15 is 0 Å². The van der Waals surface area contributed by atoms with Crippen molar-refractivity contribution in [3.63, 3.8) is 0 Å². The van der Waals surface area contributed by atoms with Crippen molar-refractivity contribution < 1.29 is 0 Å². The summed E-state index contributed by atoms with van der Waals surface area (Å²) in [4.78, 5) is 0. The summed E-state index contributed by atoms with van der Waals surface area (Å²) in [6.07, 6.45) is 10.2. The van der Waals surface area contributed by atoms with Crippen LogP contribution in [-0.4, -0.2) is 0 Å². The van der Waals surface area contributed by atoms with Gasteiger partial charge in [0.25, 0.3) is 0 Å². The molecule has 0 aromatic rings. The van der Waals surface area contributed by atoms with Crippen LogP contribution in [0.3, 0.4) is 0 Å². The van der Waals surface area contributed by atoms with Crippen LogP contribution in [0.5, 0.6) is 0 Å². The number of hydrogen-bond donors (Lipinski definition) is 0. The highest BCUT2D eigenvalue weighted by atomic mass is 14.3. The lowest BCUT2D eigenvalue weighted by Gasteiger charge is -2.33. The van der Waals surface area contributed by atoms with Crippen molar-refractivity contribution in [1.82, 2.24) is 0 Å². The molecule has 2 aliphatic carbocycles. The molecule has 0 radical (unpaired) electrons. The van der Waals surface area contributed by atoms with Gasteiger partial charge in [0.15, 0.2) is 0 Å². The summed E-state index contributed by atoms with van der Waals surface area (Å²) in [5.74, 6) is 0.816. The normalized spacial score (nSPS) is 31.8. The van der Waals surface area contributed by atoms with E-state index in [-0.39, 0.29) is 0 Å². The maximum Gasteiger partial charge on any atom is -0.0134 e. The largest absolute Gasteiger partial charge is 0.0783 e. The molecule has 0 heteroatoms. The van der Waals surface area contributed by atoms with Crippen LogP contribution in [0.25, 0.3) is 0 Å². The molecule has 0 aromatic carbocycles. The predicted octanol–water partition coefficient (Wildman–Crippen LogP) is 4.09. The maximum absolute atomic E-state index is 2.40. The van der Waals surface area contributed by atoms with Crippen molar-refractivity contribution >= 4 is 0 Å². The first kappa shape index (κ1) is 9.05. The van der Waals surface area contributed by atoms with E-state index < -0.39 is 0 Å². The van der Waals surface area contributed by atoms with Crippen LogP contribution < -0.4 is 0 Å². The standard InChI is InChI=1S/C13H20/c1-10-5-4-6-11-9-13(2,3)8-7-12(10)11/h7-8,10H,4-6,9H2,1-3H3. The molecule has 72 valence electrons. The van der Waals surface area contributed by atoms with E-state index in [1.54, 1.807) is 11.1 Å². The molecule has 0 spiro atoms. The molecule has 13 heavy (non-hydrogen) atoms. The summed E-state index contributed by atoms with van der Waals surface area (Å²) < 4.78 is 0. The molecular weight excluding hydrogens is 156 g/mol. The van der Waals surface area contributed by atoms with Crippen LogP contribution in [0.1, 0.15) is 46.5 Å². The molecule has 0 aromatic heterocycles. The summed E-state index contributed by atoms with van der Waals surface area (Å²) in [7, 11) is 0. The van der Waals surface area contributed by atoms with Crippen LogP contribution in [0.4, 0.5) is 0 Å². The molecule has 0 N–H and O–H groups in total. The van der Waals surface area contributed by atoms with Crippen molar-refractivity contribution in [2.24, 2.45) is 11.3 Å². The molecule has 0 heterocycles. The quantitative estimate of drug-likeness (QED) is 0.521. The lowest BCUT2D eigenvalue weighted by atomic mass is 9.72. The number of hydrogen-bond acceptors (Lipinski definition) is 0. The van der Waals surface area contributed by atoms with Crippen LogP contribution in [0, 0.1) is 11.3 Å². The Bertz CT molecular complexity index is 266. The molecule has 0 fully saturated rings. The van der Waals surface area contributed by atoms with Gasteiger partial charge in [-0.1, -0.05) is 38.5 Å². The second-order valence-electron chi connectivity index (χ2n) is 5.35. The number of rotatable bonds is 0. The highest BCUT2D eigenvalue weighted by Crippen LogP contribution is 2.41. The van der Waals surface area contributed by atoms with Gasteiger partial charge in [0.05, 0.1) is 0 Å². The Kier molecular flexibility index (Phi) is 2.09. The summed E-state index contributed by atoms with van der Waals surface area (Å²) in [5.41, 5.74) is 3.81. The SMILES string of the molecule is CC1CCCC2=C1C=CC(C)(C)C2. The number of allylic oxidation sites excluding steroid dienone is 4. The lowest BCUT2D eigenvalue weighted by molar-refractivity contribution is 0.426. The van der Waals surface area contributed by atoms with Gasteiger partial charge in [-0.3, -0.25) is 0 Å². The zero-order valence-electron chi connectivity index (χ0n) is 9.06. The van der Waals surface area contributed by atoms with Crippen LogP contribution in [-0.2, 0) is 0 Å². The molecule has 1 unspecified atom stereocenters. The lowest BCUT2D eigenvalue weighted by Crippen LogP contribution is -2.18. The van der Waals surface area contributed by atoms with Gasteiger partial charge in [-0.15, -0.1) is 0 Å². The third-order valence-electron chi connectivity index (χ3n) is 3.44. The predicted molar refractivity (Wildman–Crippen MR) is 57.6 cm³/mol. The van der Waals surface area contributed by atoms with E-state index in [1.165, 1.54) is 25.7 Å². The van der Waals surface area contributed by atoms with Crippen molar-refractivity contribution in [3.8, 4) is 0 Å². The first-order valence-corrected chi connectivity index (χ1v) is 5.50. The van der Waals surface area contributed by atoms with Crippen LogP contribution >= 0.6 is 0 Å². The fourth-order valence-electron chi connectivity index (χ4n) is 2.67. The van der Waals surface area contributed by atoms with E-state index in [4.69, 9.17) is 0 Å². The minimum absolute atomic E-state index is 0.413. The highest BCUT2D eigenvalue weighted by Gasteiger charge is 2.26. The third kappa shape index (κ3) is 1.72. The van der Waals surface area contributed by atoms with Crippen LogP contribution in [0.15, 0.2) is 23.3 Å². The molecule has 2 rings (SSSR count). The van der Waals surface area contributed by atoms with Gasteiger partial charge in [-0.2, -0.15) is 0 Å². The average Bonchev–Trinajstić information content (AvgIpc) is 2.02. The van der Waals surface area contributed by atoms with Gasteiger partial charge in [-0.05, 0) is 42.6 Å². The van der Waals surface area contributed by atoms with Crippen molar-refractivity contribution in [2.75, 3.05) is 0 Å². The van der Waals surface area contributed by atoms with Crippen molar-refractivity contribution in [1.29, 1.82) is 0 Å². The molecule has 0 aliphatic heterocycles. The Morgan fingerprint density at radius 3 is 2.92 bits per heavy atom. The topological polar surface area (TPSA) is 0 Å². The fraction of sp³-hybridized carbons (Fsp3) is 0.692. The maximum atomic E-state index is 2.40. The Labute approximate surface area is 81.7 Å². The zero-order valence-corrected chi connectivity index (χ0v) is 9.06. The van der Waals surface area contributed by atoms with Gasteiger partial charge in [0.1, 0.15) is 0 Å². The Balaban J connectivity index is 2.28. The molecular formula is C13H20. The van der Waals surface area contributed by atoms with Crippen molar-refractivity contribution in [2.45, 2.75) is 46.5 Å². The van der Waals surface area contributed by atoms with Gasteiger partial charge in [-0.25, -0.2) is 0 Å².